The minimum Gasteiger partial charge on any atom is -0.497 e. The lowest BCUT2D eigenvalue weighted by molar-refractivity contribution is -0.387. The summed E-state index contributed by atoms with van der Waals surface area (Å²) < 4.78 is 11.3. The Kier molecular flexibility index (Phi) is 7.48. The van der Waals surface area contributed by atoms with E-state index in [1.807, 2.05) is 18.4 Å². The molecule has 0 saturated heterocycles. The molecule has 31 heavy (non-hydrogen) atoms. The number of hydrogen-bond donors (Lipinski definition) is 1. The zero-order chi connectivity index (χ0) is 22.4. The lowest BCUT2D eigenvalue weighted by Gasteiger charge is -2.11. The zero-order valence-corrected chi connectivity index (χ0v) is 18.8. The van der Waals surface area contributed by atoms with Crippen LogP contribution in [-0.2, 0) is 6.42 Å². The third kappa shape index (κ3) is 5.74. The molecule has 1 N–H and O–H groups in total. The molecular formula is C21H21N3O5S2. The van der Waals surface area contributed by atoms with Gasteiger partial charge in [0, 0.05) is 29.2 Å². The minimum absolute atomic E-state index is 0.125. The monoisotopic (exact) mass is 459 g/mol. The molecule has 0 spiro atoms. The number of nitrogens with one attached hydrogen (secondary N) is 1. The van der Waals surface area contributed by atoms with Crippen LogP contribution in [0.15, 0.2) is 51.0 Å². The number of nitrogens with zero attached hydrogens (tertiary/aromatic N) is 2. The first kappa shape index (κ1) is 22.6. The van der Waals surface area contributed by atoms with E-state index in [2.05, 4.69) is 10.3 Å². The van der Waals surface area contributed by atoms with Crippen molar-refractivity contribution >= 4 is 34.7 Å². The van der Waals surface area contributed by atoms with Gasteiger partial charge in [-0.25, -0.2) is 4.98 Å². The molecule has 0 aliphatic carbocycles. The van der Waals surface area contributed by atoms with Crippen LogP contribution in [0.4, 0.5) is 5.69 Å². The van der Waals surface area contributed by atoms with Crippen LogP contribution in [0.25, 0.3) is 0 Å². The predicted molar refractivity (Wildman–Crippen MR) is 120 cm³/mol. The standard InChI is InChI=1S/C21H21N3O5S2/c1-13-12-30-21(23-13)31-19-7-4-15(11-17(19)24(26)27)20(25)22-9-8-14-10-16(28-2)5-6-18(14)29-3/h4-7,10-12H,8-9H2,1-3H3,(H,22,25). The average Bonchev–Trinajstić information content (AvgIpc) is 3.18. The maximum atomic E-state index is 12.6. The molecule has 8 nitrogen and oxygen atoms in total. The molecule has 0 fully saturated rings. The summed E-state index contributed by atoms with van der Waals surface area (Å²) in [7, 11) is 3.16. The Morgan fingerprint density at radius 1 is 1.23 bits per heavy atom. The number of aryl methyl sites for hydroxylation is 1. The first-order valence-corrected chi connectivity index (χ1v) is 11.0. The smallest absolute Gasteiger partial charge is 0.284 e. The van der Waals surface area contributed by atoms with Gasteiger partial charge in [0.05, 0.1) is 24.0 Å². The van der Waals surface area contributed by atoms with Crippen molar-refractivity contribution in [1.82, 2.24) is 10.3 Å². The van der Waals surface area contributed by atoms with Crippen LogP contribution in [0.1, 0.15) is 21.6 Å². The Morgan fingerprint density at radius 3 is 2.68 bits per heavy atom. The maximum Gasteiger partial charge on any atom is 0.284 e. The molecule has 1 heterocycles. The Balaban J connectivity index is 1.69. The number of ether oxygens (including phenoxy) is 2. The summed E-state index contributed by atoms with van der Waals surface area (Å²) in [4.78, 5) is 28.4. The molecule has 1 amide bonds. The highest BCUT2D eigenvalue weighted by Crippen LogP contribution is 2.36. The van der Waals surface area contributed by atoms with E-state index in [-0.39, 0.29) is 17.2 Å². The van der Waals surface area contributed by atoms with E-state index in [9.17, 15) is 14.9 Å². The van der Waals surface area contributed by atoms with Gasteiger partial charge in [-0.05, 0) is 49.2 Å². The van der Waals surface area contributed by atoms with E-state index in [1.165, 1.54) is 29.2 Å². The molecule has 162 valence electrons. The fourth-order valence-corrected chi connectivity index (χ4v) is 4.73. The average molecular weight is 460 g/mol. The van der Waals surface area contributed by atoms with Gasteiger partial charge in [0.25, 0.3) is 11.6 Å². The predicted octanol–water partition coefficient (Wildman–Crippen LogP) is 4.50. The second-order valence-corrected chi connectivity index (χ2v) is 8.63. The van der Waals surface area contributed by atoms with Crippen LogP contribution in [0.3, 0.4) is 0 Å². The largest absolute Gasteiger partial charge is 0.497 e. The molecule has 3 aromatic rings. The number of hydrogen-bond acceptors (Lipinski definition) is 8. The number of aromatic nitrogens is 1. The van der Waals surface area contributed by atoms with Crippen LogP contribution in [0, 0.1) is 17.0 Å². The zero-order valence-electron chi connectivity index (χ0n) is 17.2. The first-order valence-electron chi connectivity index (χ1n) is 9.28. The van der Waals surface area contributed by atoms with E-state index >= 15 is 0 Å². The summed E-state index contributed by atoms with van der Waals surface area (Å²) in [6, 6.07) is 9.91. The summed E-state index contributed by atoms with van der Waals surface area (Å²) in [5.74, 6) is 1.01. The lowest BCUT2D eigenvalue weighted by atomic mass is 10.1. The van der Waals surface area contributed by atoms with Crippen molar-refractivity contribution in [3.63, 3.8) is 0 Å². The van der Waals surface area contributed by atoms with Gasteiger partial charge in [-0.15, -0.1) is 11.3 Å². The summed E-state index contributed by atoms with van der Waals surface area (Å²) in [5, 5.41) is 16.2. The summed E-state index contributed by atoms with van der Waals surface area (Å²) in [5.41, 5.74) is 1.85. The highest BCUT2D eigenvalue weighted by molar-refractivity contribution is 8.01. The first-order chi connectivity index (χ1) is 14.9. The van der Waals surface area contributed by atoms with Crippen molar-refractivity contribution in [3.8, 4) is 11.5 Å². The number of carbonyl (C=O) groups is 1. The van der Waals surface area contributed by atoms with Crippen molar-refractivity contribution in [1.29, 1.82) is 0 Å². The second kappa shape index (κ2) is 10.3. The molecule has 0 aliphatic rings. The molecule has 0 radical (unpaired) electrons. The third-order valence-corrected chi connectivity index (χ3v) is 6.50. The number of carbonyl (C=O) groups excluding carboxylic acids is 1. The van der Waals surface area contributed by atoms with Gasteiger partial charge in [0.2, 0.25) is 0 Å². The SMILES string of the molecule is COc1ccc(OC)c(CCNC(=O)c2ccc(Sc3nc(C)cs3)c([N+](=O)[O-])c2)c1. The maximum absolute atomic E-state index is 12.6. The van der Waals surface area contributed by atoms with Gasteiger partial charge in [-0.1, -0.05) is 11.8 Å². The second-order valence-electron chi connectivity index (χ2n) is 6.48. The van der Waals surface area contributed by atoms with Gasteiger partial charge in [0.1, 0.15) is 11.5 Å². The number of rotatable bonds is 9. The van der Waals surface area contributed by atoms with Gasteiger partial charge in [0.15, 0.2) is 4.34 Å². The van der Waals surface area contributed by atoms with Crippen LogP contribution in [0.2, 0.25) is 0 Å². The van der Waals surface area contributed by atoms with Crippen LogP contribution < -0.4 is 14.8 Å². The Morgan fingerprint density at radius 2 is 2.03 bits per heavy atom. The molecular weight excluding hydrogens is 438 g/mol. The fraction of sp³-hybridized carbons (Fsp3) is 0.238. The van der Waals surface area contributed by atoms with Gasteiger partial charge < -0.3 is 14.8 Å². The van der Waals surface area contributed by atoms with Crippen molar-refractivity contribution in [2.45, 2.75) is 22.6 Å². The molecule has 0 aliphatic heterocycles. The highest BCUT2D eigenvalue weighted by Gasteiger charge is 2.19. The Bertz CT molecular complexity index is 1100. The number of thiazole rings is 1. The van der Waals surface area contributed by atoms with Crippen LogP contribution >= 0.6 is 23.1 Å². The van der Waals surface area contributed by atoms with E-state index in [1.54, 1.807) is 38.5 Å². The third-order valence-electron chi connectivity index (χ3n) is 4.38. The number of amides is 1. The minimum atomic E-state index is -0.485. The molecule has 1 aromatic heterocycles. The summed E-state index contributed by atoms with van der Waals surface area (Å²) in [6.45, 7) is 2.20. The number of benzene rings is 2. The van der Waals surface area contributed by atoms with E-state index in [0.29, 0.717) is 33.7 Å². The summed E-state index contributed by atoms with van der Waals surface area (Å²) in [6.07, 6.45) is 0.519. The number of methoxy groups -OCH3 is 2. The van der Waals surface area contributed by atoms with Gasteiger partial charge in [-0.2, -0.15) is 0 Å². The number of nitro groups is 1. The Labute approximate surface area is 187 Å². The number of nitro benzene ring substituents is 1. The highest BCUT2D eigenvalue weighted by atomic mass is 32.2. The van der Waals surface area contributed by atoms with E-state index in [0.717, 1.165) is 11.3 Å². The lowest BCUT2D eigenvalue weighted by Crippen LogP contribution is -2.25. The van der Waals surface area contributed by atoms with Crippen LogP contribution in [-0.4, -0.2) is 36.6 Å². The summed E-state index contributed by atoms with van der Waals surface area (Å²) >= 11 is 2.64. The van der Waals surface area contributed by atoms with Gasteiger partial charge >= 0.3 is 0 Å². The van der Waals surface area contributed by atoms with Crippen molar-refractivity contribution < 1.29 is 19.2 Å². The van der Waals surface area contributed by atoms with Crippen molar-refractivity contribution in [3.05, 3.63) is 68.7 Å². The molecule has 0 bridgehead atoms. The molecule has 2 aromatic carbocycles. The van der Waals surface area contributed by atoms with Crippen LogP contribution in [0.5, 0.6) is 11.5 Å². The normalized spacial score (nSPS) is 10.5. The molecule has 0 atom stereocenters. The molecule has 0 unspecified atom stereocenters. The molecule has 3 rings (SSSR count). The topological polar surface area (TPSA) is 104 Å². The van der Waals surface area contributed by atoms with E-state index < -0.39 is 4.92 Å². The Hall–Kier alpha value is -3.11. The van der Waals surface area contributed by atoms with Crippen molar-refractivity contribution in [2.75, 3.05) is 20.8 Å². The van der Waals surface area contributed by atoms with Gasteiger partial charge in [-0.3, -0.25) is 14.9 Å². The van der Waals surface area contributed by atoms with Crippen molar-refractivity contribution in [2.24, 2.45) is 0 Å². The fourth-order valence-electron chi connectivity index (χ4n) is 2.85. The molecule has 10 heteroatoms. The molecule has 0 saturated carbocycles. The van der Waals surface area contributed by atoms with E-state index in [4.69, 9.17) is 9.47 Å². The quantitative estimate of drug-likeness (QED) is 0.371.